The van der Waals surface area contributed by atoms with Gasteiger partial charge in [0.15, 0.2) is 5.69 Å². The summed E-state index contributed by atoms with van der Waals surface area (Å²) in [6, 6.07) is 11.2. The summed E-state index contributed by atoms with van der Waals surface area (Å²) in [6.45, 7) is 1.96. The summed E-state index contributed by atoms with van der Waals surface area (Å²) < 4.78 is 15.2. The number of fused-ring (bicyclic) bond motifs is 1. The molecule has 4 rings (SSSR count). The zero-order valence-electron chi connectivity index (χ0n) is 14.9. The summed E-state index contributed by atoms with van der Waals surface area (Å²) >= 11 is 0. The summed E-state index contributed by atoms with van der Waals surface area (Å²) in [6.07, 6.45) is 3.45. The maximum absolute atomic E-state index is 13.3. The van der Waals surface area contributed by atoms with Crippen LogP contribution >= 0.6 is 0 Å². The molecule has 0 radical (unpaired) electrons. The van der Waals surface area contributed by atoms with Gasteiger partial charge < -0.3 is 9.88 Å². The Bertz CT molecular complexity index is 1110. The third kappa shape index (κ3) is 3.19. The predicted octanol–water partition coefficient (Wildman–Crippen LogP) is 3.26. The highest BCUT2D eigenvalue weighted by Gasteiger charge is 2.23. The van der Waals surface area contributed by atoms with Crippen LogP contribution in [0.5, 0.6) is 0 Å². The smallest absolute Gasteiger partial charge is 0.273 e. The SMILES string of the molecule is Cc1ccc2[nH]nc(C(=O)NC(c3ccc(F)cc3)c3nccn3C)c2c1. The van der Waals surface area contributed by atoms with Crippen LogP contribution in [0.25, 0.3) is 10.9 Å². The fraction of sp³-hybridized carbons (Fsp3) is 0.150. The molecule has 0 aliphatic rings. The monoisotopic (exact) mass is 363 g/mol. The molecule has 0 spiro atoms. The highest BCUT2D eigenvalue weighted by Crippen LogP contribution is 2.23. The van der Waals surface area contributed by atoms with Crippen molar-refractivity contribution < 1.29 is 9.18 Å². The van der Waals surface area contributed by atoms with Crippen LogP contribution in [0.3, 0.4) is 0 Å². The number of aromatic nitrogens is 4. The molecule has 2 N–H and O–H groups in total. The average Bonchev–Trinajstić information content (AvgIpc) is 3.26. The number of imidazole rings is 1. The number of nitrogens with one attached hydrogen (secondary N) is 2. The number of aromatic amines is 1. The minimum absolute atomic E-state index is 0.315. The van der Waals surface area contributed by atoms with Gasteiger partial charge in [-0.25, -0.2) is 9.37 Å². The van der Waals surface area contributed by atoms with Gasteiger partial charge in [0.25, 0.3) is 5.91 Å². The van der Waals surface area contributed by atoms with Gasteiger partial charge in [-0.1, -0.05) is 23.8 Å². The molecule has 0 fully saturated rings. The minimum atomic E-state index is -0.533. The summed E-state index contributed by atoms with van der Waals surface area (Å²) in [5, 5.41) is 10.8. The van der Waals surface area contributed by atoms with Gasteiger partial charge in [-0.3, -0.25) is 9.89 Å². The van der Waals surface area contributed by atoms with E-state index >= 15 is 0 Å². The highest BCUT2D eigenvalue weighted by atomic mass is 19.1. The maximum Gasteiger partial charge on any atom is 0.273 e. The molecule has 27 heavy (non-hydrogen) atoms. The molecule has 136 valence electrons. The molecule has 2 aromatic heterocycles. The Labute approximate surface area is 155 Å². The van der Waals surface area contributed by atoms with E-state index < -0.39 is 6.04 Å². The number of halogens is 1. The number of aryl methyl sites for hydroxylation is 2. The number of hydrogen-bond donors (Lipinski definition) is 2. The Morgan fingerprint density at radius 2 is 2.00 bits per heavy atom. The largest absolute Gasteiger partial charge is 0.337 e. The number of amides is 1. The fourth-order valence-electron chi connectivity index (χ4n) is 3.11. The molecule has 7 heteroatoms. The van der Waals surface area contributed by atoms with Gasteiger partial charge in [0.1, 0.15) is 17.7 Å². The van der Waals surface area contributed by atoms with Crippen LogP contribution in [0, 0.1) is 12.7 Å². The number of rotatable bonds is 4. The van der Waals surface area contributed by atoms with Gasteiger partial charge in [0.2, 0.25) is 0 Å². The van der Waals surface area contributed by atoms with Crippen LogP contribution in [0.2, 0.25) is 0 Å². The van der Waals surface area contributed by atoms with E-state index in [1.54, 1.807) is 24.5 Å². The standard InChI is InChI=1S/C20H18FN5O/c1-12-3-8-16-15(11-12)18(25-24-16)20(27)23-17(19-22-9-10-26(19)2)13-4-6-14(21)7-5-13/h3-11,17H,1-2H3,(H,23,27)(H,24,25). The lowest BCUT2D eigenvalue weighted by molar-refractivity contribution is 0.0937. The number of carbonyl (C=O) groups is 1. The molecule has 1 amide bonds. The second-order valence-electron chi connectivity index (χ2n) is 6.48. The lowest BCUT2D eigenvalue weighted by Crippen LogP contribution is -2.31. The zero-order chi connectivity index (χ0) is 19.0. The van der Waals surface area contributed by atoms with Gasteiger partial charge in [-0.15, -0.1) is 0 Å². The number of benzene rings is 2. The van der Waals surface area contributed by atoms with Gasteiger partial charge in [-0.2, -0.15) is 5.10 Å². The normalized spacial score (nSPS) is 12.3. The van der Waals surface area contributed by atoms with Gasteiger partial charge >= 0.3 is 0 Å². The first-order valence-electron chi connectivity index (χ1n) is 8.51. The molecule has 0 aliphatic carbocycles. The van der Waals surface area contributed by atoms with Crippen molar-refractivity contribution in [3.63, 3.8) is 0 Å². The fourth-order valence-corrected chi connectivity index (χ4v) is 3.11. The Balaban J connectivity index is 1.72. The molecule has 1 atom stereocenters. The van der Waals surface area contributed by atoms with Crippen molar-refractivity contribution >= 4 is 16.8 Å². The van der Waals surface area contributed by atoms with E-state index in [0.717, 1.165) is 22.0 Å². The molecule has 1 unspecified atom stereocenters. The molecular formula is C20H18FN5O. The first-order chi connectivity index (χ1) is 13.0. The molecule has 2 heterocycles. The van der Waals surface area contributed by atoms with Gasteiger partial charge in [0, 0.05) is 24.8 Å². The van der Waals surface area contributed by atoms with E-state index in [0.29, 0.717) is 11.5 Å². The minimum Gasteiger partial charge on any atom is -0.337 e. The first kappa shape index (κ1) is 17.0. The van der Waals surface area contributed by atoms with E-state index in [4.69, 9.17) is 0 Å². The maximum atomic E-state index is 13.3. The Morgan fingerprint density at radius 1 is 1.22 bits per heavy atom. The van der Waals surface area contributed by atoms with E-state index in [1.165, 1.54) is 12.1 Å². The van der Waals surface area contributed by atoms with Crippen molar-refractivity contribution in [2.45, 2.75) is 13.0 Å². The summed E-state index contributed by atoms with van der Waals surface area (Å²) in [4.78, 5) is 17.3. The van der Waals surface area contributed by atoms with Gasteiger partial charge in [0.05, 0.1) is 5.52 Å². The van der Waals surface area contributed by atoms with Crippen molar-refractivity contribution in [2.75, 3.05) is 0 Å². The lowest BCUT2D eigenvalue weighted by atomic mass is 10.1. The molecule has 0 saturated heterocycles. The summed E-state index contributed by atoms with van der Waals surface area (Å²) in [5.41, 5.74) is 2.88. The van der Waals surface area contributed by atoms with E-state index in [2.05, 4.69) is 20.5 Å². The average molecular weight is 363 g/mol. The third-order valence-electron chi connectivity index (χ3n) is 4.53. The van der Waals surface area contributed by atoms with Gasteiger partial charge in [-0.05, 0) is 36.8 Å². The third-order valence-corrected chi connectivity index (χ3v) is 4.53. The topological polar surface area (TPSA) is 75.6 Å². The number of H-pyrrole nitrogens is 1. The van der Waals surface area contributed by atoms with Crippen molar-refractivity contribution in [2.24, 2.45) is 7.05 Å². The number of hydrogen-bond acceptors (Lipinski definition) is 3. The van der Waals surface area contributed by atoms with E-state index in [1.807, 2.05) is 36.7 Å². The molecule has 0 bridgehead atoms. The van der Waals surface area contributed by atoms with Crippen LogP contribution < -0.4 is 5.32 Å². The molecule has 0 aliphatic heterocycles. The van der Waals surface area contributed by atoms with Crippen LogP contribution in [-0.4, -0.2) is 25.7 Å². The van der Waals surface area contributed by atoms with Crippen molar-refractivity contribution in [3.05, 3.63) is 83.3 Å². The van der Waals surface area contributed by atoms with Crippen LogP contribution in [0.4, 0.5) is 4.39 Å². The Hall–Kier alpha value is -3.48. The highest BCUT2D eigenvalue weighted by molar-refractivity contribution is 6.05. The quantitative estimate of drug-likeness (QED) is 0.584. The Kier molecular flexibility index (Phi) is 4.19. The van der Waals surface area contributed by atoms with Crippen molar-refractivity contribution in [3.8, 4) is 0 Å². The van der Waals surface area contributed by atoms with Crippen LogP contribution in [0.1, 0.15) is 33.5 Å². The zero-order valence-corrected chi connectivity index (χ0v) is 14.9. The number of nitrogens with zero attached hydrogens (tertiary/aromatic N) is 3. The molecular weight excluding hydrogens is 345 g/mol. The molecule has 2 aromatic carbocycles. The van der Waals surface area contributed by atoms with Crippen LogP contribution in [0.15, 0.2) is 54.9 Å². The predicted molar refractivity (Wildman–Crippen MR) is 99.7 cm³/mol. The van der Waals surface area contributed by atoms with Crippen LogP contribution in [-0.2, 0) is 7.05 Å². The molecule has 6 nitrogen and oxygen atoms in total. The lowest BCUT2D eigenvalue weighted by Gasteiger charge is -2.18. The first-order valence-corrected chi connectivity index (χ1v) is 8.51. The summed E-state index contributed by atoms with van der Waals surface area (Å²) in [7, 11) is 1.85. The van der Waals surface area contributed by atoms with E-state index in [-0.39, 0.29) is 11.7 Å². The van der Waals surface area contributed by atoms with Crippen molar-refractivity contribution in [1.82, 2.24) is 25.1 Å². The Morgan fingerprint density at radius 3 is 2.70 bits per heavy atom. The summed E-state index contributed by atoms with van der Waals surface area (Å²) in [5.74, 6) is -0.0207. The second kappa shape index (κ2) is 6.68. The van der Waals surface area contributed by atoms with Crippen molar-refractivity contribution in [1.29, 1.82) is 0 Å². The molecule has 4 aromatic rings. The second-order valence-corrected chi connectivity index (χ2v) is 6.48. The number of carbonyl (C=O) groups excluding carboxylic acids is 1. The molecule has 0 saturated carbocycles. The van der Waals surface area contributed by atoms with E-state index in [9.17, 15) is 9.18 Å².